The molecule has 2 aromatic rings. The Morgan fingerprint density at radius 2 is 2.19 bits per heavy atom. The van der Waals surface area contributed by atoms with E-state index in [4.69, 9.17) is 11.6 Å². The van der Waals surface area contributed by atoms with E-state index in [1.807, 2.05) is 13.0 Å². The monoisotopic (exact) mass is 326 g/mol. The van der Waals surface area contributed by atoms with Crippen LogP contribution in [0.3, 0.4) is 0 Å². The molecule has 21 heavy (non-hydrogen) atoms. The highest BCUT2D eigenvalue weighted by atomic mass is 35.5. The summed E-state index contributed by atoms with van der Waals surface area (Å²) in [5.74, 6) is -0.120. The summed E-state index contributed by atoms with van der Waals surface area (Å²) in [4.78, 5) is 15.4. The van der Waals surface area contributed by atoms with Crippen LogP contribution in [0.25, 0.3) is 10.9 Å². The Bertz CT molecular complexity index is 826. The highest BCUT2D eigenvalue weighted by Crippen LogP contribution is 2.25. The Morgan fingerprint density at radius 1 is 1.43 bits per heavy atom. The zero-order valence-corrected chi connectivity index (χ0v) is 13.0. The second kappa shape index (κ2) is 5.03. The van der Waals surface area contributed by atoms with E-state index < -0.39 is 9.84 Å². The van der Waals surface area contributed by atoms with Crippen LogP contribution in [-0.4, -0.2) is 36.9 Å². The molecule has 1 amide bonds. The lowest BCUT2D eigenvalue weighted by Crippen LogP contribution is -2.36. The zero-order chi connectivity index (χ0) is 15.2. The van der Waals surface area contributed by atoms with Gasteiger partial charge in [-0.15, -0.1) is 0 Å². The van der Waals surface area contributed by atoms with E-state index in [1.54, 1.807) is 12.1 Å². The van der Waals surface area contributed by atoms with Gasteiger partial charge in [-0.1, -0.05) is 17.7 Å². The summed E-state index contributed by atoms with van der Waals surface area (Å²) in [6.07, 6.45) is 0.471. The van der Waals surface area contributed by atoms with Crippen LogP contribution in [0.1, 0.15) is 22.5 Å². The number of hydrogen-bond acceptors (Lipinski definition) is 3. The molecular formula is C14H15ClN2O3S. The number of fused-ring (bicyclic) bond motifs is 1. The van der Waals surface area contributed by atoms with Crippen molar-refractivity contribution in [3.63, 3.8) is 0 Å². The summed E-state index contributed by atoms with van der Waals surface area (Å²) in [6.45, 7) is 1.85. The second-order valence-corrected chi connectivity index (χ2v) is 8.05. The molecular weight excluding hydrogens is 312 g/mol. The van der Waals surface area contributed by atoms with Gasteiger partial charge in [0.05, 0.1) is 11.5 Å². The van der Waals surface area contributed by atoms with Crippen molar-refractivity contribution in [1.29, 1.82) is 0 Å². The molecule has 3 rings (SSSR count). The van der Waals surface area contributed by atoms with Crippen LogP contribution >= 0.6 is 11.6 Å². The van der Waals surface area contributed by atoms with Crippen LogP contribution < -0.4 is 5.32 Å². The molecule has 1 aromatic carbocycles. The van der Waals surface area contributed by atoms with Crippen molar-refractivity contribution in [3.8, 4) is 0 Å². The van der Waals surface area contributed by atoms with Crippen molar-refractivity contribution >= 4 is 38.2 Å². The van der Waals surface area contributed by atoms with Gasteiger partial charge in [-0.25, -0.2) is 8.42 Å². The number of hydrogen-bond donors (Lipinski definition) is 2. The molecule has 7 heteroatoms. The Balaban J connectivity index is 1.87. The molecule has 5 nitrogen and oxygen atoms in total. The number of amides is 1. The lowest BCUT2D eigenvalue weighted by Gasteiger charge is -2.10. The van der Waals surface area contributed by atoms with Crippen LogP contribution in [0.5, 0.6) is 0 Å². The largest absolute Gasteiger partial charge is 0.350 e. The Morgan fingerprint density at radius 3 is 2.86 bits per heavy atom. The number of carbonyl (C=O) groups is 1. The minimum atomic E-state index is -3.01. The van der Waals surface area contributed by atoms with Crippen molar-refractivity contribution in [1.82, 2.24) is 10.3 Å². The molecule has 1 aromatic heterocycles. The summed E-state index contributed by atoms with van der Waals surface area (Å²) in [5.41, 5.74) is 2.08. The fourth-order valence-electron chi connectivity index (χ4n) is 2.70. The molecule has 1 aliphatic heterocycles. The first-order chi connectivity index (χ1) is 9.85. The van der Waals surface area contributed by atoms with Crippen LogP contribution in [0, 0.1) is 6.92 Å². The first-order valence-corrected chi connectivity index (χ1v) is 8.85. The van der Waals surface area contributed by atoms with Crippen molar-refractivity contribution < 1.29 is 13.2 Å². The third-order valence-corrected chi connectivity index (χ3v) is 5.82. The quantitative estimate of drug-likeness (QED) is 0.886. The highest BCUT2D eigenvalue weighted by molar-refractivity contribution is 7.91. The van der Waals surface area contributed by atoms with E-state index in [1.165, 1.54) is 0 Å². The van der Waals surface area contributed by atoms with Gasteiger partial charge in [0.2, 0.25) is 0 Å². The number of aryl methyl sites for hydroxylation is 1. The van der Waals surface area contributed by atoms with E-state index in [0.717, 1.165) is 16.5 Å². The van der Waals surface area contributed by atoms with Crippen molar-refractivity contribution in [2.24, 2.45) is 0 Å². The number of H-pyrrole nitrogens is 1. The molecule has 2 heterocycles. The van der Waals surface area contributed by atoms with E-state index in [0.29, 0.717) is 17.1 Å². The first-order valence-electron chi connectivity index (χ1n) is 6.65. The van der Waals surface area contributed by atoms with Gasteiger partial charge in [-0.3, -0.25) is 4.79 Å². The highest BCUT2D eigenvalue weighted by Gasteiger charge is 2.29. The summed E-state index contributed by atoms with van der Waals surface area (Å²) >= 11 is 5.94. The Hall–Kier alpha value is -1.53. The SMILES string of the molecule is Cc1c(C(=O)NC2CCS(=O)(=O)C2)[nH]c2cc(Cl)ccc12. The third-order valence-electron chi connectivity index (χ3n) is 3.82. The van der Waals surface area contributed by atoms with Crippen LogP contribution in [-0.2, 0) is 9.84 Å². The molecule has 0 aliphatic carbocycles. The fourth-order valence-corrected chi connectivity index (χ4v) is 4.55. The second-order valence-electron chi connectivity index (χ2n) is 5.39. The van der Waals surface area contributed by atoms with E-state index in [-0.39, 0.29) is 23.5 Å². The molecule has 0 bridgehead atoms. The van der Waals surface area contributed by atoms with Crippen LogP contribution in [0.2, 0.25) is 5.02 Å². The number of benzene rings is 1. The van der Waals surface area contributed by atoms with Crippen LogP contribution in [0.4, 0.5) is 0 Å². The maximum atomic E-state index is 12.3. The molecule has 1 unspecified atom stereocenters. The molecule has 0 saturated carbocycles. The summed E-state index contributed by atoms with van der Waals surface area (Å²) in [7, 11) is -3.01. The number of halogens is 1. The van der Waals surface area contributed by atoms with Gasteiger partial charge >= 0.3 is 0 Å². The molecule has 1 aliphatic rings. The maximum Gasteiger partial charge on any atom is 0.268 e. The summed E-state index contributed by atoms with van der Waals surface area (Å²) in [5, 5.41) is 4.31. The predicted molar refractivity (Wildman–Crippen MR) is 82.6 cm³/mol. The van der Waals surface area contributed by atoms with Crippen molar-refractivity contribution in [2.45, 2.75) is 19.4 Å². The van der Waals surface area contributed by atoms with Crippen molar-refractivity contribution in [2.75, 3.05) is 11.5 Å². The Labute approximate surface area is 127 Å². The molecule has 2 N–H and O–H groups in total. The topological polar surface area (TPSA) is 79.0 Å². The van der Waals surface area contributed by atoms with E-state index >= 15 is 0 Å². The number of nitrogens with one attached hydrogen (secondary N) is 2. The van der Waals surface area contributed by atoms with Crippen LogP contribution in [0.15, 0.2) is 18.2 Å². The average molecular weight is 327 g/mol. The lowest BCUT2D eigenvalue weighted by atomic mass is 10.1. The molecule has 1 fully saturated rings. The third kappa shape index (κ3) is 2.78. The molecule has 1 saturated heterocycles. The molecule has 112 valence electrons. The smallest absolute Gasteiger partial charge is 0.268 e. The van der Waals surface area contributed by atoms with Gasteiger partial charge in [-0.05, 0) is 31.0 Å². The molecule has 1 atom stereocenters. The number of rotatable bonds is 2. The average Bonchev–Trinajstić information content (AvgIpc) is 2.90. The summed E-state index contributed by atoms with van der Waals surface area (Å²) < 4.78 is 22.9. The fraction of sp³-hybridized carbons (Fsp3) is 0.357. The van der Waals surface area contributed by atoms with Crippen molar-refractivity contribution in [3.05, 3.63) is 34.5 Å². The van der Waals surface area contributed by atoms with Gasteiger partial charge in [0.25, 0.3) is 5.91 Å². The van der Waals surface area contributed by atoms with Gasteiger partial charge < -0.3 is 10.3 Å². The van der Waals surface area contributed by atoms with Gasteiger partial charge in [0, 0.05) is 22.0 Å². The predicted octanol–water partition coefficient (Wildman–Crippen LogP) is 2.05. The lowest BCUT2D eigenvalue weighted by molar-refractivity contribution is 0.0936. The normalized spacial score (nSPS) is 20.8. The standard InChI is InChI=1S/C14H15ClN2O3S/c1-8-11-3-2-9(15)6-12(11)17-13(8)14(18)16-10-4-5-21(19,20)7-10/h2-3,6,10,17H,4-5,7H2,1H3,(H,16,18). The minimum absolute atomic E-state index is 0.0177. The van der Waals surface area contributed by atoms with Gasteiger partial charge in [0.15, 0.2) is 9.84 Å². The van der Waals surface area contributed by atoms with E-state index in [9.17, 15) is 13.2 Å². The van der Waals surface area contributed by atoms with E-state index in [2.05, 4.69) is 10.3 Å². The van der Waals surface area contributed by atoms with Gasteiger partial charge in [0.1, 0.15) is 5.69 Å². The minimum Gasteiger partial charge on any atom is -0.350 e. The first kappa shape index (κ1) is 14.4. The maximum absolute atomic E-state index is 12.3. The number of aromatic amines is 1. The number of aromatic nitrogens is 1. The number of carbonyl (C=O) groups excluding carboxylic acids is 1. The summed E-state index contributed by atoms with van der Waals surface area (Å²) in [6, 6.07) is 5.09. The number of sulfone groups is 1. The molecule has 0 radical (unpaired) electrons. The van der Waals surface area contributed by atoms with Gasteiger partial charge in [-0.2, -0.15) is 0 Å². The zero-order valence-electron chi connectivity index (χ0n) is 11.4. The molecule has 0 spiro atoms. The Kier molecular flexibility index (Phi) is 3.45.